The van der Waals surface area contributed by atoms with Gasteiger partial charge in [-0.25, -0.2) is 0 Å². The molecule has 3 N–H and O–H groups in total. The Morgan fingerprint density at radius 3 is 3.00 bits per heavy atom. The Hall–Kier alpha value is -1.91. The van der Waals surface area contributed by atoms with Gasteiger partial charge in [0.25, 0.3) is 0 Å². The normalized spacial score (nSPS) is 19.1. The van der Waals surface area contributed by atoms with Crippen LogP contribution in [0.1, 0.15) is 12.8 Å². The molecule has 1 aromatic rings. The van der Waals surface area contributed by atoms with Gasteiger partial charge >= 0.3 is 0 Å². The first-order chi connectivity index (χ1) is 9.15. The molecule has 0 bridgehead atoms. The maximum Gasteiger partial charge on any atom is 0.224 e. The van der Waals surface area contributed by atoms with Crippen molar-refractivity contribution in [3.8, 4) is 5.75 Å². The number of hydrogen-bond acceptors (Lipinski definition) is 4. The molecule has 104 valence electrons. The molecule has 2 rings (SSSR count). The fourth-order valence-corrected chi connectivity index (χ4v) is 2.53. The van der Waals surface area contributed by atoms with Gasteiger partial charge in [-0.15, -0.1) is 0 Å². The molecule has 0 saturated carbocycles. The Bertz CT molecular complexity index is 462. The summed E-state index contributed by atoms with van der Waals surface area (Å²) in [5.74, 6) is 0.856. The van der Waals surface area contributed by atoms with Crippen LogP contribution in [0.5, 0.6) is 5.75 Å². The number of carbonyl (C=O) groups is 1. The van der Waals surface area contributed by atoms with Crippen LogP contribution in [0.2, 0.25) is 0 Å². The quantitative estimate of drug-likeness (QED) is 0.805. The van der Waals surface area contributed by atoms with Gasteiger partial charge in [-0.1, -0.05) is 0 Å². The van der Waals surface area contributed by atoms with Crippen molar-refractivity contribution in [2.75, 3.05) is 37.9 Å². The number of benzene rings is 1. The molecule has 19 heavy (non-hydrogen) atoms. The molecule has 1 unspecified atom stereocenters. The van der Waals surface area contributed by atoms with Gasteiger partial charge in [-0.2, -0.15) is 0 Å². The number of hydrogen-bond donors (Lipinski definition) is 2. The van der Waals surface area contributed by atoms with Gasteiger partial charge in [0.1, 0.15) is 5.75 Å². The van der Waals surface area contributed by atoms with Gasteiger partial charge in [0.05, 0.1) is 18.7 Å². The topological polar surface area (TPSA) is 67.6 Å². The van der Waals surface area contributed by atoms with Gasteiger partial charge < -0.3 is 20.7 Å². The summed E-state index contributed by atoms with van der Waals surface area (Å²) in [6.45, 7) is 1.70. The minimum atomic E-state index is 0.0577. The number of rotatable bonds is 3. The van der Waals surface area contributed by atoms with Crippen LogP contribution >= 0.6 is 0 Å². The molecule has 1 aliphatic heterocycles. The predicted octanol–water partition coefficient (Wildman–Crippen LogP) is 1.24. The minimum absolute atomic E-state index is 0.0577. The number of nitrogens with zero attached hydrogens (tertiary/aromatic N) is 1. The second-order valence-electron chi connectivity index (χ2n) is 4.83. The number of nitrogens with two attached hydrogens (primary N) is 1. The SMILES string of the molecule is CNC(=O)C1CCCN(c2ccc(N)c(OC)c2)C1. The van der Waals surface area contributed by atoms with E-state index in [1.165, 1.54) is 0 Å². The Morgan fingerprint density at radius 2 is 2.32 bits per heavy atom. The molecule has 0 radical (unpaired) electrons. The van der Waals surface area contributed by atoms with E-state index >= 15 is 0 Å². The number of carbonyl (C=O) groups excluding carboxylic acids is 1. The summed E-state index contributed by atoms with van der Waals surface area (Å²) in [6.07, 6.45) is 1.97. The standard InChI is InChI=1S/C14H21N3O2/c1-16-14(18)10-4-3-7-17(9-10)11-5-6-12(15)13(8-11)19-2/h5-6,8,10H,3-4,7,9,15H2,1-2H3,(H,16,18). The lowest BCUT2D eigenvalue weighted by atomic mass is 9.96. The summed E-state index contributed by atoms with van der Waals surface area (Å²) in [4.78, 5) is 14.0. The summed E-state index contributed by atoms with van der Waals surface area (Å²) in [7, 11) is 3.30. The van der Waals surface area contributed by atoms with Crippen molar-refractivity contribution in [3.05, 3.63) is 18.2 Å². The lowest BCUT2D eigenvalue weighted by Crippen LogP contribution is -2.42. The van der Waals surface area contributed by atoms with Crippen LogP contribution in [0.25, 0.3) is 0 Å². The third-order valence-electron chi connectivity index (χ3n) is 3.62. The number of piperidine rings is 1. The van der Waals surface area contributed by atoms with Crippen molar-refractivity contribution < 1.29 is 9.53 Å². The van der Waals surface area contributed by atoms with Gasteiger partial charge in [-0.3, -0.25) is 4.79 Å². The summed E-state index contributed by atoms with van der Waals surface area (Å²) >= 11 is 0. The van der Waals surface area contributed by atoms with E-state index in [2.05, 4.69) is 10.2 Å². The molecule has 5 nitrogen and oxygen atoms in total. The molecule has 1 heterocycles. The molecule has 1 atom stereocenters. The highest BCUT2D eigenvalue weighted by molar-refractivity contribution is 5.79. The number of ether oxygens (including phenoxy) is 1. The second-order valence-corrected chi connectivity index (χ2v) is 4.83. The molecule has 1 aromatic carbocycles. The van der Waals surface area contributed by atoms with Crippen LogP contribution < -0.4 is 20.7 Å². The maximum absolute atomic E-state index is 11.7. The van der Waals surface area contributed by atoms with Gasteiger partial charge in [0.15, 0.2) is 0 Å². The van der Waals surface area contributed by atoms with E-state index in [0.29, 0.717) is 11.4 Å². The first-order valence-corrected chi connectivity index (χ1v) is 6.55. The third-order valence-corrected chi connectivity index (χ3v) is 3.62. The Labute approximate surface area is 113 Å². The Balaban J connectivity index is 2.15. The van der Waals surface area contributed by atoms with Crippen LogP contribution in [-0.2, 0) is 4.79 Å². The van der Waals surface area contributed by atoms with E-state index < -0.39 is 0 Å². The average Bonchev–Trinajstić information content (AvgIpc) is 2.47. The monoisotopic (exact) mass is 263 g/mol. The Morgan fingerprint density at radius 1 is 1.53 bits per heavy atom. The number of nitrogens with one attached hydrogen (secondary N) is 1. The van der Waals surface area contributed by atoms with Gasteiger partial charge in [0, 0.05) is 31.9 Å². The predicted molar refractivity (Wildman–Crippen MR) is 76.4 cm³/mol. The van der Waals surface area contributed by atoms with E-state index in [1.54, 1.807) is 14.2 Å². The Kier molecular flexibility index (Phi) is 4.14. The number of methoxy groups -OCH3 is 1. The van der Waals surface area contributed by atoms with Crippen molar-refractivity contribution in [3.63, 3.8) is 0 Å². The molecule has 1 saturated heterocycles. The smallest absolute Gasteiger partial charge is 0.224 e. The average molecular weight is 263 g/mol. The molecule has 0 aromatic heterocycles. The zero-order valence-corrected chi connectivity index (χ0v) is 11.5. The highest BCUT2D eigenvalue weighted by Gasteiger charge is 2.25. The fourth-order valence-electron chi connectivity index (χ4n) is 2.53. The van der Waals surface area contributed by atoms with Crippen LogP contribution in [0.3, 0.4) is 0 Å². The van der Waals surface area contributed by atoms with Crippen molar-refractivity contribution in [1.29, 1.82) is 0 Å². The van der Waals surface area contributed by atoms with Crippen LogP contribution in [0, 0.1) is 5.92 Å². The fraction of sp³-hybridized carbons (Fsp3) is 0.500. The van der Waals surface area contributed by atoms with Gasteiger partial charge in [0.2, 0.25) is 5.91 Å². The van der Waals surface area contributed by atoms with Gasteiger partial charge in [-0.05, 0) is 25.0 Å². The van der Waals surface area contributed by atoms with Crippen molar-refractivity contribution >= 4 is 17.3 Å². The highest BCUT2D eigenvalue weighted by Crippen LogP contribution is 2.30. The van der Waals surface area contributed by atoms with Crippen molar-refractivity contribution in [2.24, 2.45) is 5.92 Å². The lowest BCUT2D eigenvalue weighted by Gasteiger charge is -2.33. The molecule has 0 spiro atoms. The first-order valence-electron chi connectivity index (χ1n) is 6.55. The maximum atomic E-state index is 11.7. The van der Waals surface area contributed by atoms with Crippen molar-refractivity contribution in [1.82, 2.24) is 5.32 Å². The van der Waals surface area contributed by atoms with E-state index in [1.807, 2.05) is 18.2 Å². The zero-order chi connectivity index (χ0) is 13.8. The highest BCUT2D eigenvalue weighted by atomic mass is 16.5. The number of anilines is 2. The summed E-state index contributed by atoms with van der Waals surface area (Å²) in [5, 5.41) is 2.73. The molecule has 5 heteroatoms. The third kappa shape index (κ3) is 2.92. The molecule has 0 aliphatic carbocycles. The van der Waals surface area contributed by atoms with Crippen LogP contribution in [0.15, 0.2) is 18.2 Å². The molecule has 1 aliphatic rings. The van der Waals surface area contributed by atoms with E-state index in [4.69, 9.17) is 10.5 Å². The number of nitrogen functional groups attached to an aromatic ring is 1. The summed E-state index contributed by atoms with van der Waals surface area (Å²) in [6, 6.07) is 5.75. The van der Waals surface area contributed by atoms with E-state index in [9.17, 15) is 4.79 Å². The minimum Gasteiger partial charge on any atom is -0.495 e. The van der Waals surface area contributed by atoms with Crippen molar-refractivity contribution in [2.45, 2.75) is 12.8 Å². The van der Waals surface area contributed by atoms with E-state index in [0.717, 1.165) is 31.6 Å². The largest absolute Gasteiger partial charge is 0.495 e. The molecule has 1 amide bonds. The molecular weight excluding hydrogens is 242 g/mol. The lowest BCUT2D eigenvalue weighted by molar-refractivity contribution is -0.124. The summed E-state index contributed by atoms with van der Waals surface area (Å²) < 4.78 is 5.24. The molecule has 1 fully saturated rings. The second kappa shape index (κ2) is 5.82. The first kappa shape index (κ1) is 13.5. The summed E-state index contributed by atoms with van der Waals surface area (Å²) in [5.41, 5.74) is 7.50. The number of amides is 1. The van der Waals surface area contributed by atoms with Crippen LogP contribution in [-0.4, -0.2) is 33.2 Å². The van der Waals surface area contributed by atoms with E-state index in [-0.39, 0.29) is 11.8 Å². The molecular formula is C14H21N3O2. The van der Waals surface area contributed by atoms with Crippen LogP contribution in [0.4, 0.5) is 11.4 Å². The zero-order valence-electron chi connectivity index (χ0n) is 11.5.